The number of nitrogens with zero attached hydrogens (tertiary/aromatic N) is 2. The maximum absolute atomic E-state index is 13.0. The van der Waals surface area contributed by atoms with Gasteiger partial charge >= 0.3 is 0 Å². The molecule has 148 valence electrons. The van der Waals surface area contributed by atoms with Crippen LogP contribution >= 0.6 is 11.7 Å². The van der Waals surface area contributed by atoms with Gasteiger partial charge in [0.15, 0.2) is 0 Å². The molecule has 1 aromatic heterocycles. The summed E-state index contributed by atoms with van der Waals surface area (Å²) in [5, 5.41) is 2.89. The smallest absolute Gasteiger partial charge is 0.243 e. The number of benzene rings is 2. The van der Waals surface area contributed by atoms with E-state index in [1.54, 1.807) is 26.0 Å². The van der Waals surface area contributed by atoms with Gasteiger partial charge in [-0.15, -0.1) is 0 Å². The molecule has 28 heavy (non-hydrogen) atoms. The minimum Gasteiger partial charge on any atom is -0.348 e. The predicted octanol–water partition coefficient (Wildman–Crippen LogP) is 2.87. The van der Waals surface area contributed by atoms with Crippen LogP contribution in [0.2, 0.25) is 0 Å². The average molecular weight is 419 g/mol. The van der Waals surface area contributed by atoms with Crippen molar-refractivity contribution in [3.05, 3.63) is 54.1 Å². The fourth-order valence-electron chi connectivity index (χ4n) is 2.85. The lowest BCUT2D eigenvalue weighted by atomic mass is 10.0. The second-order valence-electron chi connectivity index (χ2n) is 6.87. The Bertz CT molecular complexity index is 1060. The lowest BCUT2D eigenvalue weighted by Crippen LogP contribution is -2.50. The van der Waals surface area contributed by atoms with E-state index in [9.17, 15) is 13.2 Å². The Morgan fingerprint density at radius 1 is 1.00 bits per heavy atom. The van der Waals surface area contributed by atoms with E-state index in [1.165, 1.54) is 6.07 Å². The van der Waals surface area contributed by atoms with Crippen molar-refractivity contribution in [2.45, 2.75) is 37.8 Å². The third-order valence-electron chi connectivity index (χ3n) is 4.43. The Labute approximate surface area is 168 Å². The van der Waals surface area contributed by atoms with E-state index in [0.717, 1.165) is 17.3 Å². The molecule has 0 spiro atoms. The number of rotatable bonds is 7. The molecule has 0 saturated carbocycles. The van der Waals surface area contributed by atoms with Crippen molar-refractivity contribution in [1.82, 2.24) is 18.8 Å². The predicted molar refractivity (Wildman–Crippen MR) is 109 cm³/mol. The van der Waals surface area contributed by atoms with Crippen molar-refractivity contribution in [1.29, 1.82) is 0 Å². The van der Waals surface area contributed by atoms with Crippen molar-refractivity contribution in [2.75, 3.05) is 0 Å². The van der Waals surface area contributed by atoms with E-state index in [4.69, 9.17) is 0 Å². The zero-order valence-electron chi connectivity index (χ0n) is 15.8. The number of sulfonamides is 1. The first-order valence-corrected chi connectivity index (χ1v) is 11.1. The first-order chi connectivity index (χ1) is 13.3. The van der Waals surface area contributed by atoms with Gasteiger partial charge in [-0.3, -0.25) is 4.79 Å². The van der Waals surface area contributed by atoms with Crippen molar-refractivity contribution >= 4 is 38.7 Å². The second kappa shape index (κ2) is 8.34. The summed E-state index contributed by atoms with van der Waals surface area (Å²) in [6, 6.07) is 13.1. The zero-order chi connectivity index (χ0) is 20.3. The zero-order valence-corrected chi connectivity index (χ0v) is 17.4. The van der Waals surface area contributed by atoms with Crippen LogP contribution in [-0.2, 0) is 14.8 Å². The molecule has 0 aliphatic carbocycles. The lowest BCUT2D eigenvalue weighted by Gasteiger charge is -2.24. The molecular formula is C19H22N4O3S2. The van der Waals surface area contributed by atoms with Crippen LogP contribution in [-0.4, -0.2) is 29.1 Å². The molecule has 0 unspecified atom stereocenters. The van der Waals surface area contributed by atoms with Crippen molar-refractivity contribution in [3.63, 3.8) is 0 Å². The van der Waals surface area contributed by atoms with Gasteiger partial charge in [0.1, 0.15) is 22.0 Å². The Hall–Kier alpha value is -2.36. The van der Waals surface area contributed by atoms with E-state index in [-0.39, 0.29) is 22.8 Å². The largest absolute Gasteiger partial charge is 0.348 e. The first kappa shape index (κ1) is 20.4. The molecule has 3 rings (SSSR count). The highest BCUT2D eigenvalue weighted by molar-refractivity contribution is 7.89. The summed E-state index contributed by atoms with van der Waals surface area (Å²) in [6.07, 6.45) is 0. The van der Waals surface area contributed by atoms with Crippen molar-refractivity contribution in [2.24, 2.45) is 5.92 Å². The summed E-state index contributed by atoms with van der Waals surface area (Å²) in [7, 11) is -3.95. The van der Waals surface area contributed by atoms with E-state index in [2.05, 4.69) is 18.8 Å². The van der Waals surface area contributed by atoms with Crippen LogP contribution < -0.4 is 10.0 Å². The number of carbonyl (C=O) groups excluding carboxylic acids is 1. The van der Waals surface area contributed by atoms with Crippen LogP contribution in [0.3, 0.4) is 0 Å². The van der Waals surface area contributed by atoms with Gasteiger partial charge in [0.25, 0.3) is 0 Å². The van der Waals surface area contributed by atoms with Crippen LogP contribution in [0.5, 0.6) is 0 Å². The molecule has 7 nitrogen and oxygen atoms in total. The molecule has 0 saturated heterocycles. The number of fused-ring (bicyclic) bond motifs is 1. The molecule has 0 aliphatic heterocycles. The highest BCUT2D eigenvalue weighted by Crippen LogP contribution is 2.22. The monoisotopic (exact) mass is 418 g/mol. The van der Waals surface area contributed by atoms with E-state index in [0.29, 0.717) is 11.0 Å². The van der Waals surface area contributed by atoms with Gasteiger partial charge in [0, 0.05) is 0 Å². The summed E-state index contributed by atoms with van der Waals surface area (Å²) in [6.45, 7) is 5.46. The molecule has 1 heterocycles. The van der Waals surface area contributed by atoms with Crippen LogP contribution in [0.25, 0.3) is 11.0 Å². The number of aromatic nitrogens is 2. The number of nitrogens with one attached hydrogen (secondary N) is 2. The average Bonchev–Trinajstić information content (AvgIpc) is 3.15. The Morgan fingerprint density at radius 2 is 1.71 bits per heavy atom. The molecule has 2 atom stereocenters. The maximum Gasteiger partial charge on any atom is 0.243 e. The second-order valence-corrected chi connectivity index (χ2v) is 9.08. The molecule has 2 N–H and O–H groups in total. The number of amides is 1. The molecule has 0 aliphatic rings. The maximum atomic E-state index is 13.0. The summed E-state index contributed by atoms with van der Waals surface area (Å²) in [4.78, 5) is 12.8. The third-order valence-corrected chi connectivity index (χ3v) is 6.44. The van der Waals surface area contributed by atoms with Crippen LogP contribution in [0, 0.1) is 5.92 Å². The lowest BCUT2D eigenvalue weighted by molar-refractivity contribution is -0.124. The molecule has 0 fully saturated rings. The summed E-state index contributed by atoms with van der Waals surface area (Å²) < 4.78 is 36.6. The van der Waals surface area contributed by atoms with Gasteiger partial charge in [-0.2, -0.15) is 13.5 Å². The fraction of sp³-hybridized carbons (Fsp3) is 0.316. The topological polar surface area (TPSA) is 101 Å². The minimum absolute atomic E-state index is 0.0216. The number of hydrogen-bond donors (Lipinski definition) is 2. The normalized spacial score (nSPS) is 14.1. The minimum atomic E-state index is -3.95. The Morgan fingerprint density at radius 3 is 2.39 bits per heavy atom. The van der Waals surface area contributed by atoms with Crippen molar-refractivity contribution < 1.29 is 13.2 Å². The molecule has 0 bridgehead atoms. The highest BCUT2D eigenvalue weighted by Gasteiger charge is 2.30. The van der Waals surface area contributed by atoms with Crippen LogP contribution in [0.4, 0.5) is 0 Å². The third kappa shape index (κ3) is 4.37. The fourth-order valence-corrected chi connectivity index (χ4v) is 4.96. The van der Waals surface area contributed by atoms with Gasteiger partial charge in [0.2, 0.25) is 15.9 Å². The van der Waals surface area contributed by atoms with Crippen LogP contribution in [0.15, 0.2) is 53.4 Å². The van der Waals surface area contributed by atoms with E-state index < -0.39 is 16.1 Å². The summed E-state index contributed by atoms with van der Waals surface area (Å²) in [5.41, 5.74) is 1.76. The van der Waals surface area contributed by atoms with Gasteiger partial charge in [-0.1, -0.05) is 50.2 Å². The molecule has 2 aromatic carbocycles. The Kier molecular flexibility index (Phi) is 6.07. The molecular weight excluding hydrogens is 396 g/mol. The molecule has 3 aromatic rings. The SMILES string of the molecule is CC(C)[C@H](NS(=O)(=O)c1cccc2nsnc12)C(=O)N[C@H](C)c1ccccc1. The van der Waals surface area contributed by atoms with Crippen LogP contribution in [0.1, 0.15) is 32.4 Å². The number of hydrogen-bond acceptors (Lipinski definition) is 6. The van der Waals surface area contributed by atoms with Gasteiger partial charge in [0.05, 0.1) is 17.8 Å². The Balaban J connectivity index is 1.82. The molecule has 9 heteroatoms. The quantitative estimate of drug-likeness (QED) is 0.614. The standard InChI is InChI=1S/C19H22N4O3S2/c1-12(2)17(19(24)20-13(3)14-8-5-4-6-9-14)23-28(25,26)16-11-7-10-15-18(16)22-27-21-15/h4-13,17,23H,1-3H3,(H,20,24)/t13-,17+/m1/s1. The molecule has 1 amide bonds. The summed E-state index contributed by atoms with van der Waals surface area (Å²) in [5.74, 6) is -0.621. The van der Waals surface area contributed by atoms with E-state index in [1.807, 2.05) is 37.3 Å². The first-order valence-electron chi connectivity index (χ1n) is 8.88. The van der Waals surface area contributed by atoms with Gasteiger partial charge in [-0.05, 0) is 30.5 Å². The van der Waals surface area contributed by atoms with Crippen molar-refractivity contribution in [3.8, 4) is 0 Å². The van der Waals surface area contributed by atoms with Gasteiger partial charge in [-0.25, -0.2) is 8.42 Å². The number of carbonyl (C=O) groups is 1. The molecule has 0 radical (unpaired) electrons. The summed E-state index contributed by atoms with van der Waals surface area (Å²) >= 11 is 0.949. The van der Waals surface area contributed by atoms with Gasteiger partial charge < -0.3 is 5.32 Å². The highest BCUT2D eigenvalue weighted by atomic mass is 32.2. The van der Waals surface area contributed by atoms with E-state index >= 15 is 0 Å².